The zero-order valence-electron chi connectivity index (χ0n) is 12.7. The molecule has 6 nitrogen and oxygen atoms in total. The molecular formula is C14H20FN3O3S. The van der Waals surface area contributed by atoms with Gasteiger partial charge in [0, 0.05) is 33.2 Å². The lowest BCUT2D eigenvalue weighted by atomic mass is 10.2. The molecule has 1 aliphatic heterocycles. The predicted octanol–water partition coefficient (Wildman–Crippen LogP) is 0.186. The van der Waals surface area contributed by atoms with Crippen molar-refractivity contribution in [2.75, 3.05) is 39.8 Å². The molecular weight excluding hydrogens is 309 g/mol. The molecule has 0 spiro atoms. The molecule has 0 atom stereocenters. The second-order valence-electron chi connectivity index (χ2n) is 5.30. The molecule has 0 saturated carbocycles. The van der Waals surface area contributed by atoms with Crippen molar-refractivity contribution in [2.45, 2.75) is 11.8 Å². The van der Waals surface area contributed by atoms with E-state index in [-0.39, 0.29) is 17.3 Å². The summed E-state index contributed by atoms with van der Waals surface area (Å²) in [5.74, 6) is -0.719. The van der Waals surface area contributed by atoms with E-state index >= 15 is 0 Å². The molecule has 0 aliphatic carbocycles. The number of hydrogen-bond donors (Lipinski definition) is 1. The third kappa shape index (κ3) is 3.63. The maximum absolute atomic E-state index is 13.1. The van der Waals surface area contributed by atoms with Crippen molar-refractivity contribution in [1.82, 2.24) is 14.5 Å². The van der Waals surface area contributed by atoms with Crippen LogP contribution in [0.25, 0.3) is 0 Å². The fourth-order valence-corrected chi connectivity index (χ4v) is 3.68. The SMILES string of the molecule is Cc1cc(F)ccc1S(=O)(=O)N(C)CC(=O)N1CCNCC1. The Morgan fingerprint density at radius 3 is 2.59 bits per heavy atom. The first-order valence-corrected chi connectivity index (χ1v) is 8.47. The first-order chi connectivity index (χ1) is 10.3. The Morgan fingerprint density at radius 2 is 2.00 bits per heavy atom. The van der Waals surface area contributed by atoms with E-state index in [9.17, 15) is 17.6 Å². The van der Waals surface area contributed by atoms with Crippen LogP contribution in [0.15, 0.2) is 23.1 Å². The number of likely N-dealkylation sites (N-methyl/N-ethyl adjacent to an activating group) is 1. The molecule has 0 aromatic heterocycles. The van der Waals surface area contributed by atoms with Crippen LogP contribution in [0.2, 0.25) is 0 Å². The van der Waals surface area contributed by atoms with Crippen LogP contribution in [-0.2, 0) is 14.8 Å². The van der Waals surface area contributed by atoms with Gasteiger partial charge in [0.15, 0.2) is 0 Å². The maximum atomic E-state index is 13.1. The van der Waals surface area contributed by atoms with E-state index < -0.39 is 15.8 Å². The molecule has 1 aromatic carbocycles. The zero-order valence-corrected chi connectivity index (χ0v) is 13.5. The summed E-state index contributed by atoms with van der Waals surface area (Å²) in [7, 11) is -2.46. The predicted molar refractivity (Wildman–Crippen MR) is 80.4 cm³/mol. The Kier molecular flexibility index (Phi) is 5.15. The Balaban J connectivity index is 2.13. The summed E-state index contributed by atoms with van der Waals surface area (Å²) in [4.78, 5) is 13.8. The molecule has 122 valence electrons. The van der Waals surface area contributed by atoms with Gasteiger partial charge in [0.05, 0.1) is 11.4 Å². The number of sulfonamides is 1. The van der Waals surface area contributed by atoms with Gasteiger partial charge < -0.3 is 10.2 Å². The minimum absolute atomic E-state index is 0.0181. The Labute approximate surface area is 130 Å². The number of rotatable bonds is 4. The number of carbonyl (C=O) groups excluding carboxylic acids is 1. The van der Waals surface area contributed by atoms with Gasteiger partial charge in [-0.1, -0.05) is 0 Å². The van der Waals surface area contributed by atoms with Crippen LogP contribution >= 0.6 is 0 Å². The van der Waals surface area contributed by atoms with Gasteiger partial charge >= 0.3 is 0 Å². The van der Waals surface area contributed by atoms with Crippen LogP contribution in [0.4, 0.5) is 4.39 Å². The van der Waals surface area contributed by atoms with Gasteiger partial charge in [-0.15, -0.1) is 0 Å². The van der Waals surface area contributed by atoms with Crippen molar-refractivity contribution in [3.05, 3.63) is 29.6 Å². The van der Waals surface area contributed by atoms with Gasteiger partial charge in [-0.05, 0) is 30.7 Å². The highest BCUT2D eigenvalue weighted by Crippen LogP contribution is 2.19. The summed E-state index contributed by atoms with van der Waals surface area (Å²) in [6.45, 7) is 3.87. The Bertz CT molecular complexity index is 657. The zero-order chi connectivity index (χ0) is 16.3. The van der Waals surface area contributed by atoms with E-state index in [1.807, 2.05) is 0 Å². The van der Waals surface area contributed by atoms with Crippen LogP contribution in [0.3, 0.4) is 0 Å². The molecule has 1 fully saturated rings. The van der Waals surface area contributed by atoms with E-state index in [1.165, 1.54) is 26.1 Å². The molecule has 1 aromatic rings. The van der Waals surface area contributed by atoms with Crippen molar-refractivity contribution in [3.8, 4) is 0 Å². The molecule has 1 aliphatic rings. The molecule has 8 heteroatoms. The first-order valence-electron chi connectivity index (χ1n) is 7.03. The summed E-state index contributed by atoms with van der Waals surface area (Å²) < 4.78 is 39.1. The third-order valence-electron chi connectivity index (χ3n) is 3.65. The van der Waals surface area contributed by atoms with Crippen LogP contribution in [0, 0.1) is 12.7 Å². The lowest BCUT2D eigenvalue weighted by Crippen LogP contribution is -2.49. The average Bonchev–Trinajstić information content (AvgIpc) is 2.47. The monoisotopic (exact) mass is 329 g/mol. The molecule has 1 heterocycles. The third-order valence-corrected chi connectivity index (χ3v) is 5.62. The van der Waals surface area contributed by atoms with E-state index in [2.05, 4.69) is 5.32 Å². The summed E-state index contributed by atoms with van der Waals surface area (Å²) in [6.07, 6.45) is 0. The molecule has 2 rings (SSSR count). The quantitative estimate of drug-likeness (QED) is 0.856. The number of piperazine rings is 1. The van der Waals surface area contributed by atoms with Crippen molar-refractivity contribution in [2.24, 2.45) is 0 Å². The smallest absolute Gasteiger partial charge is 0.243 e. The largest absolute Gasteiger partial charge is 0.339 e. The number of hydrogen-bond acceptors (Lipinski definition) is 4. The topological polar surface area (TPSA) is 69.7 Å². The number of carbonyl (C=O) groups is 1. The number of nitrogens with zero attached hydrogens (tertiary/aromatic N) is 2. The summed E-state index contributed by atoms with van der Waals surface area (Å²) in [6, 6.07) is 3.50. The fourth-order valence-electron chi connectivity index (χ4n) is 2.36. The Hall–Kier alpha value is -1.51. The molecule has 0 bridgehead atoms. The summed E-state index contributed by atoms with van der Waals surface area (Å²) in [5.41, 5.74) is 0.321. The highest BCUT2D eigenvalue weighted by Gasteiger charge is 2.27. The standard InChI is InChI=1S/C14H20FN3O3S/c1-11-9-12(15)3-4-13(11)22(20,21)17(2)10-14(19)18-7-5-16-6-8-18/h3-4,9,16H,5-8,10H2,1-2H3. The lowest BCUT2D eigenvalue weighted by molar-refractivity contribution is -0.131. The van der Waals surface area contributed by atoms with E-state index in [0.717, 1.165) is 10.4 Å². The highest BCUT2D eigenvalue weighted by molar-refractivity contribution is 7.89. The van der Waals surface area contributed by atoms with Gasteiger partial charge in [-0.3, -0.25) is 4.79 Å². The average molecular weight is 329 g/mol. The number of aryl methyl sites for hydroxylation is 1. The lowest BCUT2D eigenvalue weighted by Gasteiger charge is -2.29. The number of benzene rings is 1. The molecule has 0 radical (unpaired) electrons. The van der Waals surface area contributed by atoms with E-state index in [0.29, 0.717) is 31.7 Å². The Morgan fingerprint density at radius 1 is 1.36 bits per heavy atom. The first kappa shape index (κ1) is 16.9. The van der Waals surface area contributed by atoms with Crippen LogP contribution in [-0.4, -0.2) is 63.3 Å². The van der Waals surface area contributed by atoms with Gasteiger partial charge in [-0.25, -0.2) is 12.8 Å². The minimum Gasteiger partial charge on any atom is -0.339 e. The van der Waals surface area contributed by atoms with Crippen LogP contribution < -0.4 is 5.32 Å². The minimum atomic E-state index is -3.82. The molecule has 1 amide bonds. The second-order valence-corrected chi connectivity index (χ2v) is 7.31. The second kappa shape index (κ2) is 6.72. The van der Waals surface area contributed by atoms with E-state index in [1.54, 1.807) is 4.90 Å². The number of halogens is 1. The van der Waals surface area contributed by atoms with Gasteiger partial charge in [0.1, 0.15) is 5.82 Å². The highest BCUT2D eigenvalue weighted by atomic mass is 32.2. The van der Waals surface area contributed by atoms with E-state index in [4.69, 9.17) is 0 Å². The van der Waals surface area contributed by atoms with Gasteiger partial charge in [0.2, 0.25) is 15.9 Å². The van der Waals surface area contributed by atoms with Crippen LogP contribution in [0.5, 0.6) is 0 Å². The van der Waals surface area contributed by atoms with Crippen molar-refractivity contribution in [3.63, 3.8) is 0 Å². The fraction of sp³-hybridized carbons (Fsp3) is 0.500. The van der Waals surface area contributed by atoms with Crippen LogP contribution in [0.1, 0.15) is 5.56 Å². The van der Waals surface area contributed by atoms with Gasteiger partial charge in [-0.2, -0.15) is 4.31 Å². The number of nitrogens with one attached hydrogen (secondary N) is 1. The molecule has 0 unspecified atom stereocenters. The van der Waals surface area contributed by atoms with Crippen molar-refractivity contribution < 1.29 is 17.6 Å². The summed E-state index contributed by atoms with van der Waals surface area (Å²) >= 11 is 0. The van der Waals surface area contributed by atoms with Gasteiger partial charge in [0.25, 0.3) is 0 Å². The number of amides is 1. The summed E-state index contributed by atoms with van der Waals surface area (Å²) in [5, 5.41) is 3.13. The normalized spacial score (nSPS) is 16.1. The maximum Gasteiger partial charge on any atom is 0.243 e. The molecule has 1 N–H and O–H groups in total. The van der Waals surface area contributed by atoms with Crippen molar-refractivity contribution >= 4 is 15.9 Å². The van der Waals surface area contributed by atoms with Crippen molar-refractivity contribution in [1.29, 1.82) is 0 Å². The molecule has 22 heavy (non-hydrogen) atoms. The molecule has 1 saturated heterocycles.